The van der Waals surface area contributed by atoms with Gasteiger partial charge in [-0.1, -0.05) is 13.8 Å². The molecule has 0 aromatic carbocycles. The van der Waals surface area contributed by atoms with Crippen molar-refractivity contribution in [2.24, 2.45) is 0 Å². The van der Waals surface area contributed by atoms with Crippen molar-refractivity contribution >= 4 is 28.5 Å². The van der Waals surface area contributed by atoms with Gasteiger partial charge in [-0.25, -0.2) is 0 Å². The van der Waals surface area contributed by atoms with Crippen molar-refractivity contribution in [1.29, 1.82) is 0 Å². The van der Waals surface area contributed by atoms with Crippen molar-refractivity contribution in [3.63, 3.8) is 0 Å². The SMILES string of the molecule is CC.[Br][Ni][Br]. The van der Waals surface area contributed by atoms with Gasteiger partial charge in [0.1, 0.15) is 0 Å². The molecule has 0 aliphatic rings. The summed E-state index contributed by atoms with van der Waals surface area (Å²) in [5.74, 6) is 0. The van der Waals surface area contributed by atoms with E-state index in [1.54, 1.807) is 0 Å². The third kappa shape index (κ3) is 30.8. The third-order valence-corrected chi connectivity index (χ3v) is 0. The molecular weight excluding hydrogens is 243 g/mol. The average Bonchev–Trinajstić information content (AvgIpc) is 1.46. The molecule has 0 fully saturated rings. The molecule has 0 heterocycles. The predicted octanol–water partition coefficient (Wildman–Crippen LogP) is 2.71. The van der Waals surface area contributed by atoms with Crippen LogP contribution < -0.4 is 0 Å². The monoisotopic (exact) mass is 246 g/mol. The van der Waals surface area contributed by atoms with Crippen LogP contribution in [0.2, 0.25) is 0 Å². The molecule has 0 aromatic rings. The molecule has 0 aromatic heterocycles. The van der Waals surface area contributed by atoms with Crippen LogP contribution in [0.4, 0.5) is 0 Å². The summed E-state index contributed by atoms with van der Waals surface area (Å²) < 4.78 is 0. The molecule has 0 rings (SSSR count). The summed E-state index contributed by atoms with van der Waals surface area (Å²) in [5.41, 5.74) is 0. The number of hydrogen-bond acceptors (Lipinski definition) is 0. The van der Waals surface area contributed by atoms with Crippen molar-refractivity contribution in [3.05, 3.63) is 0 Å². The van der Waals surface area contributed by atoms with E-state index >= 15 is 0 Å². The summed E-state index contributed by atoms with van der Waals surface area (Å²) in [5, 5.41) is 0. The molecule has 0 unspecified atom stereocenters. The summed E-state index contributed by atoms with van der Waals surface area (Å²) >= 11 is 6.00. The Labute approximate surface area is 53.1 Å². The molecule has 0 aliphatic carbocycles. The minimum absolute atomic E-state index is 1.25. The van der Waals surface area contributed by atoms with Gasteiger partial charge in [0.05, 0.1) is 0 Å². The summed E-state index contributed by atoms with van der Waals surface area (Å²) in [7, 11) is 1.25. The summed E-state index contributed by atoms with van der Waals surface area (Å²) in [4.78, 5) is 0. The van der Waals surface area contributed by atoms with Gasteiger partial charge in [-0.15, -0.1) is 0 Å². The Morgan fingerprint density at radius 1 is 1.20 bits per heavy atom. The first-order valence-corrected chi connectivity index (χ1v) is 6.12. The Balaban J connectivity index is 0. The minimum atomic E-state index is 1.25. The van der Waals surface area contributed by atoms with Crippen LogP contribution in [0.3, 0.4) is 0 Å². The zero-order valence-corrected chi connectivity index (χ0v) is 7.23. The Morgan fingerprint density at radius 2 is 1.20 bits per heavy atom. The van der Waals surface area contributed by atoms with Crippen LogP contribution in [0.25, 0.3) is 0 Å². The summed E-state index contributed by atoms with van der Waals surface area (Å²) in [6.07, 6.45) is 0. The van der Waals surface area contributed by atoms with Crippen molar-refractivity contribution in [1.82, 2.24) is 0 Å². The molecule has 0 amide bonds. The topological polar surface area (TPSA) is 0 Å². The number of rotatable bonds is 0. The van der Waals surface area contributed by atoms with E-state index in [1.165, 1.54) is 10.9 Å². The van der Waals surface area contributed by atoms with Gasteiger partial charge in [0, 0.05) is 0 Å². The van der Waals surface area contributed by atoms with Gasteiger partial charge < -0.3 is 0 Å². The molecule has 0 aliphatic heterocycles. The maximum atomic E-state index is 3.00. The molecule has 0 nitrogen and oxygen atoms in total. The molecule has 0 radical (unpaired) electrons. The molecule has 0 atom stereocenters. The Hall–Kier alpha value is 1.45. The van der Waals surface area contributed by atoms with E-state index in [2.05, 4.69) is 28.5 Å². The van der Waals surface area contributed by atoms with Gasteiger partial charge in [0.2, 0.25) is 0 Å². The van der Waals surface area contributed by atoms with Crippen LogP contribution in [0.1, 0.15) is 13.8 Å². The number of hydrogen-bond donors (Lipinski definition) is 0. The Morgan fingerprint density at radius 3 is 1.20 bits per heavy atom. The van der Waals surface area contributed by atoms with Crippen LogP contribution in [-0.4, -0.2) is 0 Å². The summed E-state index contributed by atoms with van der Waals surface area (Å²) in [6.45, 7) is 4.00. The second kappa shape index (κ2) is 18.0. The normalized spacial score (nSPS) is 5.60. The van der Waals surface area contributed by atoms with Crippen molar-refractivity contribution in [3.8, 4) is 0 Å². The Bertz CT molecular complexity index is 7.61. The van der Waals surface area contributed by atoms with Gasteiger partial charge >= 0.3 is 39.3 Å². The van der Waals surface area contributed by atoms with E-state index in [1.807, 2.05) is 13.8 Å². The van der Waals surface area contributed by atoms with E-state index in [4.69, 9.17) is 0 Å². The van der Waals surface area contributed by atoms with Gasteiger partial charge in [0.25, 0.3) is 0 Å². The van der Waals surface area contributed by atoms with Crippen LogP contribution in [0, 0.1) is 0 Å². The van der Waals surface area contributed by atoms with Crippen LogP contribution in [0.5, 0.6) is 0 Å². The van der Waals surface area contributed by atoms with Gasteiger partial charge in [-0.2, -0.15) is 0 Å². The molecule has 0 saturated carbocycles. The standard InChI is InChI=1S/C2H6.2BrH.Ni/c1-2;;;/h1-2H3;2*1H;/q;;;+2/p-2. The van der Waals surface area contributed by atoms with E-state index in [0.717, 1.165) is 0 Å². The van der Waals surface area contributed by atoms with Crippen molar-refractivity contribution < 1.29 is 10.9 Å². The van der Waals surface area contributed by atoms with E-state index in [9.17, 15) is 0 Å². The van der Waals surface area contributed by atoms with Crippen molar-refractivity contribution in [2.45, 2.75) is 13.8 Å². The first-order valence-electron chi connectivity index (χ1n) is 1.24. The molecule has 5 heavy (non-hydrogen) atoms. The maximum absolute atomic E-state index is 3.00. The molecular formula is C2H6Br2Ni. The van der Waals surface area contributed by atoms with E-state index < -0.39 is 0 Å². The fraction of sp³-hybridized carbons (Fsp3) is 1.00. The Kier molecular flexibility index (Phi) is 34.8. The summed E-state index contributed by atoms with van der Waals surface area (Å²) in [6, 6.07) is 0. The zero-order chi connectivity index (χ0) is 4.71. The fourth-order valence-corrected chi connectivity index (χ4v) is 0. The molecule has 3 heteroatoms. The van der Waals surface area contributed by atoms with Crippen LogP contribution in [0.15, 0.2) is 0 Å². The zero-order valence-electron chi connectivity index (χ0n) is 3.07. The van der Waals surface area contributed by atoms with E-state index in [-0.39, 0.29) is 0 Å². The average molecular weight is 249 g/mol. The van der Waals surface area contributed by atoms with Crippen LogP contribution >= 0.6 is 28.5 Å². The second-order valence-corrected chi connectivity index (χ2v) is 5.03. The molecule has 38 valence electrons. The van der Waals surface area contributed by atoms with Crippen LogP contribution in [-0.2, 0) is 10.9 Å². The van der Waals surface area contributed by atoms with Gasteiger partial charge in [-0.3, -0.25) is 0 Å². The van der Waals surface area contributed by atoms with Gasteiger partial charge in [-0.05, 0) is 0 Å². The predicted molar refractivity (Wildman–Crippen MR) is 29.2 cm³/mol. The van der Waals surface area contributed by atoms with Crippen molar-refractivity contribution in [2.75, 3.05) is 0 Å². The van der Waals surface area contributed by atoms with E-state index in [0.29, 0.717) is 0 Å². The molecule has 0 N–H and O–H groups in total. The third-order valence-electron chi connectivity index (χ3n) is 0. The second-order valence-electron chi connectivity index (χ2n) is 0.0452. The first-order chi connectivity index (χ1) is 2.41. The quantitative estimate of drug-likeness (QED) is 0.578. The molecule has 0 spiro atoms. The van der Waals surface area contributed by atoms with Gasteiger partial charge in [0.15, 0.2) is 0 Å². The number of halogens is 2. The first kappa shape index (κ1) is 9.68. The molecule has 0 bridgehead atoms. The molecule has 0 saturated heterocycles. The fourth-order valence-electron chi connectivity index (χ4n) is 0.